The van der Waals surface area contributed by atoms with Crippen LogP contribution >= 0.6 is 0 Å². The van der Waals surface area contributed by atoms with Gasteiger partial charge in [0.05, 0.1) is 17.1 Å². The van der Waals surface area contributed by atoms with Crippen molar-refractivity contribution in [3.05, 3.63) is 84.1 Å². The first-order chi connectivity index (χ1) is 10.8. The lowest BCUT2D eigenvalue weighted by atomic mass is 10.1. The largest absolute Gasteiger partial charge is 0.357 e. The summed E-state index contributed by atoms with van der Waals surface area (Å²) < 4.78 is 0. The summed E-state index contributed by atoms with van der Waals surface area (Å²) in [7, 11) is 0. The van der Waals surface area contributed by atoms with Gasteiger partial charge in [-0.15, -0.1) is 0 Å². The Kier molecular flexibility index (Phi) is 3.01. The Morgan fingerprint density at radius 3 is 2.27 bits per heavy atom. The van der Waals surface area contributed by atoms with Crippen LogP contribution in [-0.2, 0) is 0 Å². The minimum Gasteiger partial charge on any atom is -0.357 e. The predicted octanol–water partition coefficient (Wildman–Crippen LogP) is 5.29. The van der Waals surface area contributed by atoms with E-state index in [1.807, 2.05) is 18.2 Å². The van der Waals surface area contributed by atoms with Crippen molar-refractivity contribution in [2.45, 2.75) is 6.92 Å². The summed E-state index contributed by atoms with van der Waals surface area (Å²) in [4.78, 5) is 4.89. The highest BCUT2D eigenvalue weighted by Gasteiger charge is 2.11. The molecule has 0 atom stereocenters. The summed E-state index contributed by atoms with van der Waals surface area (Å²) in [5.41, 5.74) is 5.24. The summed E-state index contributed by atoms with van der Waals surface area (Å²) in [6.07, 6.45) is 2.10. The number of nitrogens with zero attached hydrogens (tertiary/aromatic N) is 1. The highest BCUT2D eigenvalue weighted by Crippen LogP contribution is 2.34. The quantitative estimate of drug-likeness (QED) is 0.645. The zero-order valence-corrected chi connectivity index (χ0v) is 12.4. The molecule has 106 valence electrons. The molecule has 4 rings (SSSR count). The second-order valence-corrected chi connectivity index (χ2v) is 5.53. The van der Waals surface area contributed by atoms with Gasteiger partial charge in [0.15, 0.2) is 0 Å². The van der Waals surface area contributed by atoms with E-state index in [9.17, 15) is 0 Å². The van der Waals surface area contributed by atoms with E-state index in [0.717, 1.165) is 28.3 Å². The minimum absolute atomic E-state index is 0.977. The van der Waals surface area contributed by atoms with Crippen LogP contribution in [0.5, 0.6) is 0 Å². The molecule has 0 radical (unpaired) electrons. The van der Waals surface area contributed by atoms with E-state index < -0.39 is 0 Å². The third-order valence-corrected chi connectivity index (χ3v) is 3.86. The van der Waals surface area contributed by atoms with Crippen LogP contribution in [0.1, 0.15) is 12.5 Å². The van der Waals surface area contributed by atoms with Crippen molar-refractivity contribution in [2.75, 3.05) is 5.32 Å². The van der Waals surface area contributed by atoms with Crippen LogP contribution in [-0.4, -0.2) is 5.71 Å². The van der Waals surface area contributed by atoms with Crippen LogP contribution in [0.3, 0.4) is 0 Å². The summed E-state index contributed by atoms with van der Waals surface area (Å²) in [6, 6.07) is 23.0. The van der Waals surface area contributed by atoms with Gasteiger partial charge >= 0.3 is 0 Å². The van der Waals surface area contributed by atoms with E-state index >= 15 is 0 Å². The summed E-state index contributed by atoms with van der Waals surface area (Å²) in [6.45, 7) is 2.07. The number of fused-ring (bicyclic) bond motifs is 2. The van der Waals surface area contributed by atoms with Gasteiger partial charge in [-0.05, 0) is 35.9 Å². The lowest BCUT2D eigenvalue weighted by molar-refractivity contribution is 1.40. The molecule has 1 N–H and O–H groups in total. The molecule has 0 unspecified atom stereocenters. The first kappa shape index (κ1) is 12.8. The average Bonchev–Trinajstić information content (AvgIpc) is 2.71. The van der Waals surface area contributed by atoms with Gasteiger partial charge in [0.2, 0.25) is 0 Å². The minimum atomic E-state index is 0.977. The van der Waals surface area contributed by atoms with Crippen molar-refractivity contribution in [3.8, 4) is 0 Å². The highest BCUT2D eigenvalue weighted by molar-refractivity contribution is 6.12. The zero-order valence-electron chi connectivity index (χ0n) is 12.4. The maximum Gasteiger partial charge on any atom is 0.0878 e. The van der Waals surface area contributed by atoms with Gasteiger partial charge in [0.1, 0.15) is 0 Å². The Balaban J connectivity index is 1.93. The molecule has 3 aromatic carbocycles. The second-order valence-electron chi connectivity index (χ2n) is 5.53. The van der Waals surface area contributed by atoms with Crippen molar-refractivity contribution in [2.24, 2.45) is 4.99 Å². The van der Waals surface area contributed by atoms with E-state index in [0.29, 0.717) is 0 Å². The first-order valence-corrected chi connectivity index (χ1v) is 7.42. The highest BCUT2D eigenvalue weighted by atomic mass is 14.9. The number of hydrogen-bond donors (Lipinski definition) is 1. The van der Waals surface area contributed by atoms with Crippen LogP contribution in [0, 0.1) is 0 Å². The molecule has 2 nitrogen and oxygen atoms in total. The number of hydrogen-bond acceptors (Lipinski definition) is 2. The lowest BCUT2D eigenvalue weighted by Gasteiger charge is -2.09. The van der Waals surface area contributed by atoms with E-state index in [1.165, 1.54) is 10.8 Å². The summed E-state index contributed by atoms with van der Waals surface area (Å²) in [5, 5.41) is 5.89. The molecule has 1 aliphatic rings. The fourth-order valence-corrected chi connectivity index (χ4v) is 2.79. The van der Waals surface area contributed by atoms with Gasteiger partial charge in [-0.3, -0.25) is 0 Å². The third-order valence-electron chi connectivity index (χ3n) is 3.86. The Morgan fingerprint density at radius 2 is 1.50 bits per heavy atom. The number of rotatable bonds is 1. The van der Waals surface area contributed by atoms with Crippen LogP contribution in [0.4, 0.5) is 11.4 Å². The van der Waals surface area contributed by atoms with Crippen molar-refractivity contribution in [1.29, 1.82) is 0 Å². The SMILES string of the molecule is CC1=CC(c2ccccc2)=Nc2cc3ccccc3cc2N1. The Labute approximate surface area is 129 Å². The molecule has 0 aromatic heterocycles. The normalized spacial score (nSPS) is 13.7. The molecule has 2 heteroatoms. The van der Waals surface area contributed by atoms with Crippen molar-refractivity contribution < 1.29 is 0 Å². The molecule has 0 saturated heterocycles. The van der Waals surface area contributed by atoms with E-state index in [2.05, 4.69) is 66.8 Å². The van der Waals surface area contributed by atoms with E-state index in [4.69, 9.17) is 4.99 Å². The van der Waals surface area contributed by atoms with Crippen LogP contribution in [0.2, 0.25) is 0 Å². The first-order valence-electron chi connectivity index (χ1n) is 7.42. The fraction of sp³-hybridized carbons (Fsp3) is 0.0500. The third kappa shape index (κ3) is 2.29. The van der Waals surface area contributed by atoms with Crippen molar-refractivity contribution in [3.63, 3.8) is 0 Å². The van der Waals surface area contributed by atoms with Gasteiger partial charge < -0.3 is 5.32 Å². The number of allylic oxidation sites excluding steroid dienone is 2. The molecule has 1 aliphatic heterocycles. The maximum absolute atomic E-state index is 4.89. The molecular formula is C20H16N2. The Hall–Kier alpha value is -2.87. The molecule has 0 aliphatic carbocycles. The smallest absolute Gasteiger partial charge is 0.0878 e. The van der Waals surface area contributed by atoms with Gasteiger partial charge in [-0.1, -0.05) is 54.6 Å². The summed E-state index contributed by atoms with van der Waals surface area (Å²) >= 11 is 0. The topological polar surface area (TPSA) is 24.4 Å². The lowest BCUT2D eigenvalue weighted by Crippen LogP contribution is -1.98. The molecule has 0 fully saturated rings. The van der Waals surface area contributed by atoms with E-state index in [1.54, 1.807) is 0 Å². The number of aliphatic imine (C=N–C) groups is 1. The van der Waals surface area contributed by atoms with Gasteiger partial charge in [-0.25, -0.2) is 4.99 Å². The van der Waals surface area contributed by atoms with Gasteiger partial charge in [0, 0.05) is 11.3 Å². The summed E-state index contributed by atoms with van der Waals surface area (Å²) in [5.74, 6) is 0. The molecule has 3 aromatic rings. The zero-order chi connectivity index (χ0) is 14.9. The van der Waals surface area contributed by atoms with Crippen LogP contribution in [0.15, 0.2) is 83.5 Å². The second kappa shape index (κ2) is 5.15. The van der Waals surface area contributed by atoms with E-state index in [-0.39, 0.29) is 0 Å². The number of anilines is 1. The van der Waals surface area contributed by atoms with Gasteiger partial charge in [0.25, 0.3) is 0 Å². The van der Waals surface area contributed by atoms with Crippen molar-refractivity contribution >= 4 is 27.9 Å². The standard InChI is InChI=1S/C20H16N2/c1-14-11-18(15-7-3-2-4-8-15)22-20-13-17-10-6-5-9-16(17)12-19(20)21-14/h2-13,21H,1H3. The predicted molar refractivity (Wildman–Crippen MR) is 94.0 cm³/mol. The molecule has 22 heavy (non-hydrogen) atoms. The number of nitrogens with one attached hydrogen (secondary N) is 1. The molecule has 0 amide bonds. The van der Waals surface area contributed by atoms with Crippen molar-refractivity contribution in [1.82, 2.24) is 0 Å². The maximum atomic E-state index is 4.89. The molecule has 0 spiro atoms. The fourth-order valence-electron chi connectivity index (χ4n) is 2.79. The Morgan fingerprint density at radius 1 is 0.818 bits per heavy atom. The monoisotopic (exact) mass is 284 g/mol. The van der Waals surface area contributed by atoms with Crippen LogP contribution in [0.25, 0.3) is 10.8 Å². The molecular weight excluding hydrogens is 268 g/mol. The number of benzene rings is 3. The Bertz CT molecular complexity index is 905. The molecule has 0 bridgehead atoms. The van der Waals surface area contributed by atoms with Crippen LogP contribution < -0.4 is 5.32 Å². The van der Waals surface area contributed by atoms with Gasteiger partial charge in [-0.2, -0.15) is 0 Å². The molecule has 1 heterocycles. The molecule has 0 saturated carbocycles. The average molecular weight is 284 g/mol.